The molecule has 0 radical (unpaired) electrons. The Morgan fingerprint density at radius 2 is 1.82 bits per heavy atom. The Bertz CT molecular complexity index is 1230. The zero-order valence-electron chi connectivity index (χ0n) is 19.5. The maximum atomic E-state index is 13.6. The van der Waals surface area contributed by atoms with E-state index in [1.54, 1.807) is 12.3 Å². The summed E-state index contributed by atoms with van der Waals surface area (Å²) in [6.07, 6.45) is 2.84. The number of Topliss-reactive ketones (excluding diaryl/α,β-unsaturated/α-hetero) is 1. The Labute approximate surface area is 199 Å². The molecule has 0 saturated heterocycles. The molecule has 1 aliphatic carbocycles. The molecule has 1 aromatic heterocycles. The molecule has 6 heteroatoms. The van der Waals surface area contributed by atoms with E-state index >= 15 is 0 Å². The number of allylic oxidation sites excluding steroid dienone is 1. The average molecular weight is 456 g/mol. The zero-order chi connectivity index (χ0) is 23.7. The quantitative estimate of drug-likeness (QED) is 0.552. The van der Waals surface area contributed by atoms with Crippen LogP contribution in [0, 0.1) is 5.41 Å². The number of anilines is 2. The fourth-order valence-electron chi connectivity index (χ4n) is 5.02. The summed E-state index contributed by atoms with van der Waals surface area (Å²) in [6, 6.07) is 21.2. The molecule has 0 unspecified atom stereocenters. The summed E-state index contributed by atoms with van der Waals surface area (Å²) in [7, 11) is 0. The third kappa shape index (κ3) is 4.36. The van der Waals surface area contributed by atoms with Crippen molar-refractivity contribution in [2.24, 2.45) is 5.41 Å². The van der Waals surface area contributed by atoms with E-state index in [0.29, 0.717) is 18.7 Å². The van der Waals surface area contributed by atoms with Crippen molar-refractivity contribution in [1.29, 1.82) is 0 Å². The van der Waals surface area contributed by atoms with Gasteiger partial charge in [-0.2, -0.15) is 0 Å². The van der Waals surface area contributed by atoms with E-state index in [-0.39, 0.29) is 29.7 Å². The number of fused-ring (bicyclic) bond motifs is 1. The van der Waals surface area contributed by atoms with Crippen molar-refractivity contribution in [1.82, 2.24) is 5.32 Å². The fourth-order valence-corrected chi connectivity index (χ4v) is 5.02. The highest BCUT2D eigenvalue weighted by atomic mass is 16.3. The number of furan rings is 1. The van der Waals surface area contributed by atoms with E-state index in [9.17, 15) is 9.59 Å². The number of para-hydroxylation sites is 2. The second kappa shape index (κ2) is 8.86. The first-order valence-corrected chi connectivity index (χ1v) is 11.6. The Morgan fingerprint density at radius 3 is 2.59 bits per heavy atom. The fraction of sp³-hybridized carbons (Fsp3) is 0.286. The largest absolute Gasteiger partial charge is 0.467 e. The van der Waals surface area contributed by atoms with Crippen LogP contribution in [0.4, 0.5) is 11.4 Å². The van der Waals surface area contributed by atoms with Gasteiger partial charge in [0.1, 0.15) is 5.76 Å². The van der Waals surface area contributed by atoms with E-state index in [0.717, 1.165) is 34.6 Å². The number of hydrogen-bond donors (Lipinski definition) is 2. The van der Waals surface area contributed by atoms with Crippen LogP contribution in [0.2, 0.25) is 0 Å². The van der Waals surface area contributed by atoms with Gasteiger partial charge in [0, 0.05) is 17.7 Å². The van der Waals surface area contributed by atoms with Gasteiger partial charge in [-0.1, -0.05) is 56.3 Å². The maximum Gasteiger partial charge on any atom is 0.239 e. The van der Waals surface area contributed by atoms with Crippen LogP contribution in [-0.2, 0) is 16.1 Å². The number of nitrogens with one attached hydrogen (secondary N) is 2. The standard InChI is InChI=1S/C28H29N3O3/c1-28(2)15-22-26(24(32)16-28)27(19-9-4-3-5-10-19)31(23-13-7-6-12-21(23)30-22)18-25(33)29-17-20-11-8-14-34-20/h3-14,27,30H,15-18H2,1-2H3,(H,29,33)/t27-/m0/s1. The van der Waals surface area contributed by atoms with Crippen LogP contribution in [0.15, 0.2) is 88.7 Å². The third-order valence-electron chi connectivity index (χ3n) is 6.47. The lowest BCUT2D eigenvalue weighted by atomic mass is 9.73. The molecule has 6 nitrogen and oxygen atoms in total. The number of carbonyl (C=O) groups is 2. The average Bonchev–Trinajstić information content (AvgIpc) is 3.29. The number of benzene rings is 2. The van der Waals surface area contributed by atoms with Crippen molar-refractivity contribution >= 4 is 23.1 Å². The summed E-state index contributed by atoms with van der Waals surface area (Å²) in [4.78, 5) is 28.8. The minimum Gasteiger partial charge on any atom is -0.467 e. The van der Waals surface area contributed by atoms with Gasteiger partial charge >= 0.3 is 0 Å². The van der Waals surface area contributed by atoms with Crippen molar-refractivity contribution in [3.05, 3.63) is 95.6 Å². The van der Waals surface area contributed by atoms with Crippen LogP contribution in [-0.4, -0.2) is 18.2 Å². The molecule has 1 atom stereocenters. The summed E-state index contributed by atoms with van der Waals surface area (Å²) < 4.78 is 5.35. The zero-order valence-corrected chi connectivity index (χ0v) is 19.5. The minimum absolute atomic E-state index is 0.104. The predicted octanol–water partition coefficient (Wildman–Crippen LogP) is 5.21. The molecule has 0 fully saturated rings. The Morgan fingerprint density at radius 1 is 1.06 bits per heavy atom. The van der Waals surface area contributed by atoms with Gasteiger partial charge in [0.25, 0.3) is 0 Å². The topological polar surface area (TPSA) is 74.6 Å². The second-order valence-electron chi connectivity index (χ2n) is 9.77. The Balaban J connectivity index is 1.59. The Hall–Kier alpha value is -3.80. The summed E-state index contributed by atoms with van der Waals surface area (Å²) in [6.45, 7) is 4.68. The normalized spacial score (nSPS) is 19.1. The number of rotatable bonds is 5. The van der Waals surface area contributed by atoms with Gasteiger partial charge in [0.05, 0.1) is 36.8 Å². The highest BCUT2D eigenvalue weighted by molar-refractivity contribution is 6.01. The predicted molar refractivity (Wildman–Crippen MR) is 132 cm³/mol. The van der Waals surface area contributed by atoms with Crippen LogP contribution >= 0.6 is 0 Å². The summed E-state index contributed by atoms with van der Waals surface area (Å²) in [5.74, 6) is 0.682. The Kier molecular flexibility index (Phi) is 5.74. The SMILES string of the molecule is CC1(C)CC(=O)C2=C(C1)Nc1ccccc1N(CC(=O)NCc1ccco1)[C@H]2c1ccccc1. The molecule has 0 bridgehead atoms. The van der Waals surface area contributed by atoms with Gasteiger partial charge in [0.15, 0.2) is 5.78 Å². The van der Waals surface area contributed by atoms with Crippen LogP contribution in [0.1, 0.15) is 44.1 Å². The molecule has 2 aliphatic rings. The number of hydrogen-bond acceptors (Lipinski definition) is 5. The van der Waals surface area contributed by atoms with Gasteiger partial charge in [0.2, 0.25) is 5.91 Å². The summed E-state index contributed by atoms with van der Waals surface area (Å²) in [5, 5.41) is 6.53. The molecule has 2 aromatic carbocycles. The molecule has 34 heavy (non-hydrogen) atoms. The molecular formula is C28H29N3O3. The number of amides is 1. The molecule has 2 heterocycles. The first-order chi connectivity index (χ1) is 16.4. The molecule has 1 amide bonds. The van der Waals surface area contributed by atoms with Crippen molar-refractivity contribution in [2.75, 3.05) is 16.8 Å². The molecule has 1 aliphatic heterocycles. The third-order valence-corrected chi connectivity index (χ3v) is 6.47. The lowest BCUT2D eigenvalue weighted by Crippen LogP contribution is -2.41. The van der Waals surface area contributed by atoms with E-state index in [4.69, 9.17) is 4.42 Å². The van der Waals surface area contributed by atoms with Crippen LogP contribution in [0.25, 0.3) is 0 Å². The molecule has 0 saturated carbocycles. The highest BCUT2D eigenvalue weighted by Gasteiger charge is 2.41. The van der Waals surface area contributed by atoms with Gasteiger partial charge in [-0.25, -0.2) is 0 Å². The molecule has 5 rings (SSSR count). The van der Waals surface area contributed by atoms with E-state index in [1.165, 1.54) is 0 Å². The van der Waals surface area contributed by atoms with E-state index < -0.39 is 0 Å². The molecule has 0 spiro atoms. The second-order valence-corrected chi connectivity index (χ2v) is 9.77. The van der Waals surface area contributed by atoms with Crippen molar-refractivity contribution in [3.63, 3.8) is 0 Å². The number of carbonyl (C=O) groups excluding carboxylic acids is 2. The lowest BCUT2D eigenvalue weighted by molar-refractivity contribution is -0.121. The molecule has 174 valence electrons. The van der Waals surface area contributed by atoms with E-state index in [1.807, 2.05) is 65.6 Å². The maximum absolute atomic E-state index is 13.6. The summed E-state index contributed by atoms with van der Waals surface area (Å²) in [5.41, 5.74) is 4.35. The van der Waals surface area contributed by atoms with Gasteiger partial charge in [-0.15, -0.1) is 0 Å². The van der Waals surface area contributed by atoms with Crippen LogP contribution < -0.4 is 15.5 Å². The van der Waals surface area contributed by atoms with Crippen molar-refractivity contribution in [3.8, 4) is 0 Å². The molecule has 3 aromatic rings. The molecular weight excluding hydrogens is 426 g/mol. The molecule has 2 N–H and O–H groups in total. The van der Waals surface area contributed by atoms with Crippen LogP contribution in [0.3, 0.4) is 0 Å². The monoisotopic (exact) mass is 455 g/mol. The van der Waals surface area contributed by atoms with E-state index in [2.05, 4.69) is 24.5 Å². The first-order valence-electron chi connectivity index (χ1n) is 11.6. The van der Waals surface area contributed by atoms with Crippen LogP contribution in [0.5, 0.6) is 0 Å². The lowest BCUT2D eigenvalue weighted by Gasteiger charge is -2.37. The highest BCUT2D eigenvalue weighted by Crippen LogP contribution is 2.48. The van der Waals surface area contributed by atoms with Crippen molar-refractivity contribution < 1.29 is 14.0 Å². The van der Waals surface area contributed by atoms with Gasteiger partial charge in [-0.05, 0) is 41.7 Å². The number of nitrogens with zero attached hydrogens (tertiary/aromatic N) is 1. The number of ketones is 1. The summed E-state index contributed by atoms with van der Waals surface area (Å²) >= 11 is 0. The first kappa shape index (κ1) is 22.0. The van der Waals surface area contributed by atoms with Gasteiger partial charge in [-0.3, -0.25) is 9.59 Å². The minimum atomic E-state index is -0.370. The van der Waals surface area contributed by atoms with Gasteiger partial charge < -0.3 is 20.0 Å². The van der Waals surface area contributed by atoms with Crippen molar-refractivity contribution in [2.45, 2.75) is 39.3 Å². The smallest absolute Gasteiger partial charge is 0.239 e.